The normalized spacial score (nSPS) is 10.3. The first-order valence-corrected chi connectivity index (χ1v) is 6.73. The monoisotopic (exact) mass is 263 g/mol. The average Bonchev–Trinajstić information content (AvgIpc) is 2.90. The van der Waals surface area contributed by atoms with Gasteiger partial charge in [-0.05, 0) is 47.6 Å². The van der Waals surface area contributed by atoms with Crippen molar-refractivity contribution in [2.45, 2.75) is 13.2 Å². The molecule has 2 aromatic rings. The summed E-state index contributed by atoms with van der Waals surface area (Å²) in [7, 11) is 3.59. The molecule has 0 radical (unpaired) electrons. The summed E-state index contributed by atoms with van der Waals surface area (Å²) >= 11 is 1.68. The third-order valence-electron chi connectivity index (χ3n) is 2.61. The Morgan fingerprint density at radius 1 is 1.28 bits per heavy atom. The van der Waals surface area contributed by atoms with Gasteiger partial charge in [-0.15, -0.1) is 0 Å². The van der Waals surface area contributed by atoms with E-state index in [1.54, 1.807) is 18.4 Å². The van der Waals surface area contributed by atoms with Crippen molar-refractivity contribution in [1.29, 1.82) is 0 Å². The van der Waals surface area contributed by atoms with Crippen LogP contribution in [0, 0.1) is 0 Å². The molecule has 0 saturated heterocycles. The van der Waals surface area contributed by atoms with Gasteiger partial charge in [0.15, 0.2) is 0 Å². The summed E-state index contributed by atoms with van der Waals surface area (Å²) in [6, 6.07) is 7.95. The fourth-order valence-corrected chi connectivity index (χ4v) is 2.34. The van der Waals surface area contributed by atoms with Gasteiger partial charge in [-0.25, -0.2) is 0 Å². The van der Waals surface area contributed by atoms with E-state index in [0.29, 0.717) is 6.61 Å². The summed E-state index contributed by atoms with van der Waals surface area (Å²) < 4.78 is 11.1. The van der Waals surface area contributed by atoms with E-state index in [1.807, 2.05) is 25.2 Å². The van der Waals surface area contributed by atoms with Gasteiger partial charge in [0.05, 0.1) is 7.11 Å². The second-order valence-electron chi connectivity index (χ2n) is 3.92. The third-order valence-corrected chi connectivity index (χ3v) is 3.34. The predicted molar refractivity (Wildman–Crippen MR) is 74.4 cm³/mol. The molecule has 1 aromatic carbocycles. The Bertz CT molecular complexity index is 483. The molecule has 2 rings (SSSR count). The lowest BCUT2D eigenvalue weighted by atomic mass is 10.2. The summed E-state index contributed by atoms with van der Waals surface area (Å²) in [4.78, 5) is 0. The minimum Gasteiger partial charge on any atom is -0.497 e. The Balaban J connectivity index is 2.10. The molecule has 1 heterocycles. The van der Waals surface area contributed by atoms with Crippen LogP contribution in [0.2, 0.25) is 0 Å². The van der Waals surface area contributed by atoms with Crippen molar-refractivity contribution in [1.82, 2.24) is 5.32 Å². The Morgan fingerprint density at radius 2 is 2.17 bits per heavy atom. The van der Waals surface area contributed by atoms with E-state index in [0.717, 1.165) is 23.6 Å². The van der Waals surface area contributed by atoms with E-state index < -0.39 is 0 Å². The second-order valence-corrected chi connectivity index (χ2v) is 4.70. The van der Waals surface area contributed by atoms with Crippen LogP contribution >= 0.6 is 11.3 Å². The molecule has 96 valence electrons. The van der Waals surface area contributed by atoms with E-state index in [2.05, 4.69) is 22.1 Å². The summed E-state index contributed by atoms with van der Waals surface area (Å²) in [5.74, 6) is 1.75. The van der Waals surface area contributed by atoms with Crippen molar-refractivity contribution in [3.63, 3.8) is 0 Å². The van der Waals surface area contributed by atoms with Gasteiger partial charge >= 0.3 is 0 Å². The van der Waals surface area contributed by atoms with Gasteiger partial charge in [-0.1, -0.05) is 0 Å². The molecule has 3 nitrogen and oxygen atoms in total. The summed E-state index contributed by atoms with van der Waals surface area (Å²) in [5, 5.41) is 7.29. The third kappa shape index (κ3) is 3.24. The number of hydrogen-bond donors (Lipinski definition) is 1. The second kappa shape index (κ2) is 6.42. The van der Waals surface area contributed by atoms with Crippen LogP contribution in [-0.2, 0) is 13.2 Å². The number of rotatable bonds is 6. The average molecular weight is 263 g/mol. The fraction of sp³-hybridized carbons (Fsp3) is 0.286. The van der Waals surface area contributed by atoms with Crippen molar-refractivity contribution in [2.75, 3.05) is 14.2 Å². The van der Waals surface area contributed by atoms with Gasteiger partial charge in [0.25, 0.3) is 0 Å². The van der Waals surface area contributed by atoms with E-state index in [1.165, 1.54) is 5.56 Å². The van der Waals surface area contributed by atoms with Gasteiger partial charge < -0.3 is 14.8 Å². The van der Waals surface area contributed by atoms with Gasteiger partial charge in [0.1, 0.15) is 18.1 Å². The lowest BCUT2D eigenvalue weighted by Gasteiger charge is -2.12. The van der Waals surface area contributed by atoms with Crippen molar-refractivity contribution < 1.29 is 9.47 Å². The van der Waals surface area contributed by atoms with Crippen LogP contribution in [0.1, 0.15) is 11.1 Å². The molecule has 0 aliphatic rings. The number of methoxy groups -OCH3 is 1. The van der Waals surface area contributed by atoms with E-state index in [4.69, 9.17) is 9.47 Å². The highest BCUT2D eigenvalue weighted by atomic mass is 32.1. The van der Waals surface area contributed by atoms with Crippen molar-refractivity contribution >= 4 is 11.3 Å². The van der Waals surface area contributed by atoms with Crippen molar-refractivity contribution in [3.05, 3.63) is 46.2 Å². The topological polar surface area (TPSA) is 30.5 Å². The molecule has 0 aliphatic carbocycles. The molecule has 0 atom stereocenters. The molecule has 0 amide bonds. The standard InChI is InChI=1S/C14H17NO2S/c1-15-8-12-7-13(16-2)3-4-14(12)17-9-11-5-6-18-10-11/h3-7,10,15H,8-9H2,1-2H3. The highest BCUT2D eigenvalue weighted by Crippen LogP contribution is 2.25. The predicted octanol–water partition coefficient (Wildman–Crippen LogP) is 3.06. The Labute approximate surface area is 111 Å². The molecular formula is C14H17NO2S. The summed E-state index contributed by atoms with van der Waals surface area (Å²) in [6.45, 7) is 1.36. The van der Waals surface area contributed by atoms with Crippen LogP contribution in [-0.4, -0.2) is 14.2 Å². The maximum Gasteiger partial charge on any atom is 0.124 e. The van der Waals surface area contributed by atoms with Gasteiger partial charge in [-0.3, -0.25) is 0 Å². The largest absolute Gasteiger partial charge is 0.497 e. The van der Waals surface area contributed by atoms with Gasteiger partial charge in [-0.2, -0.15) is 11.3 Å². The summed E-state index contributed by atoms with van der Waals surface area (Å²) in [5.41, 5.74) is 2.30. The minimum absolute atomic E-state index is 0.604. The molecular weight excluding hydrogens is 246 g/mol. The smallest absolute Gasteiger partial charge is 0.124 e. The number of ether oxygens (including phenoxy) is 2. The molecule has 1 N–H and O–H groups in total. The Hall–Kier alpha value is -1.52. The molecule has 1 aromatic heterocycles. The number of hydrogen-bond acceptors (Lipinski definition) is 4. The number of nitrogens with one attached hydrogen (secondary N) is 1. The highest BCUT2D eigenvalue weighted by Gasteiger charge is 2.05. The van der Waals surface area contributed by atoms with Gasteiger partial charge in [0.2, 0.25) is 0 Å². The molecule has 0 unspecified atom stereocenters. The first-order chi connectivity index (χ1) is 8.83. The van der Waals surface area contributed by atoms with E-state index >= 15 is 0 Å². The minimum atomic E-state index is 0.604. The lowest BCUT2D eigenvalue weighted by Crippen LogP contribution is -2.07. The van der Waals surface area contributed by atoms with Crippen LogP contribution in [0.4, 0.5) is 0 Å². The molecule has 0 saturated carbocycles. The van der Waals surface area contributed by atoms with E-state index in [9.17, 15) is 0 Å². The SMILES string of the molecule is CNCc1cc(OC)ccc1OCc1ccsc1. The zero-order valence-corrected chi connectivity index (χ0v) is 11.4. The number of benzene rings is 1. The zero-order chi connectivity index (χ0) is 12.8. The quantitative estimate of drug-likeness (QED) is 0.869. The molecule has 4 heteroatoms. The number of thiophene rings is 1. The van der Waals surface area contributed by atoms with E-state index in [-0.39, 0.29) is 0 Å². The highest BCUT2D eigenvalue weighted by molar-refractivity contribution is 7.07. The van der Waals surface area contributed by atoms with Gasteiger partial charge in [0, 0.05) is 12.1 Å². The summed E-state index contributed by atoms with van der Waals surface area (Å²) in [6.07, 6.45) is 0. The Morgan fingerprint density at radius 3 is 2.83 bits per heavy atom. The maximum absolute atomic E-state index is 5.84. The molecule has 0 spiro atoms. The maximum atomic E-state index is 5.84. The van der Waals surface area contributed by atoms with Crippen LogP contribution < -0.4 is 14.8 Å². The van der Waals surface area contributed by atoms with Crippen molar-refractivity contribution in [2.24, 2.45) is 0 Å². The van der Waals surface area contributed by atoms with Crippen LogP contribution in [0.25, 0.3) is 0 Å². The molecule has 18 heavy (non-hydrogen) atoms. The molecule has 0 aliphatic heterocycles. The van der Waals surface area contributed by atoms with Crippen molar-refractivity contribution in [3.8, 4) is 11.5 Å². The first-order valence-electron chi connectivity index (χ1n) is 5.79. The van der Waals surface area contributed by atoms with Crippen LogP contribution in [0.5, 0.6) is 11.5 Å². The fourth-order valence-electron chi connectivity index (χ4n) is 1.69. The molecule has 0 fully saturated rings. The zero-order valence-electron chi connectivity index (χ0n) is 10.6. The van der Waals surface area contributed by atoms with Crippen LogP contribution in [0.15, 0.2) is 35.0 Å². The first kappa shape index (κ1) is 12.9. The van der Waals surface area contributed by atoms with Crippen LogP contribution in [0.3, 0.4) is 0 Å². The lowest BCUT2D eigenvalue weighted by molar-refractivity contribution is 0.302. The Kier molecular flexibility index (Phi) is 4.61. The molecule has 0 bridgehead atoms.